The minimum absolute atomic E-state index is 0.186. The first-order valence-corrected chi connectivity index (χ1v) is 11.3. The van der Waals surface area contributed by atoms with Gasteiger partial charge in [-0.15, -0.1) is 0 Å². The van der Waals surface area contributed by atoms with E-state index in [4.69, 9.17) is 23.4 Å². The Labute approximate surface area is 213 Å². The third kappa shape index (κ3) is 6.31. The zero-order valence-electron chi connectivity index (χ0n) is 21.5. The number of carbonyl (C=O) groups is 2. The number of ether oxygens (including phenoxy) is 4. The molecule has 0 aliphatic heterocycles. The summed E-state index contributed by atoms with van der Waals surface area (Å²) in [6.45, 7) is 4.40. The highest BCUT2D eigenvalue weighted by molar-refractivity contribution is 5.97. The fraction of sp³-hybridized carbons (Fsp3) is 0.346. The van der Waals surface area contributed by atoms with E-state index in [1.807, 2.05) is 0 Å². The lowest BCUT2D eigenvalue weighted by Gasteiger charge is -2.22. The maximum Gasteiger partial charge on any atom is 0.408 e. The van der Waals surface area contributed by atoms with Crippen molar-refractivity contribution in [1.29, 1.82) is 0 Å². The van der Waals surface area contributed by atoms with Gasteiger partial charge in [-0.05, 0) is 32.9 Å². The van der Waals surface area contributed by atoms with Gasteiger partial charge >= 0.3 is 6.09 Å². The smallest absolute Gasteiger partial charge is 0.408 e. The molecule has 2 amide bonds. The number of benzene rings is 2. The van der Waals surface area contributed by atoms with Crippen molar-refractivity contribution < 1.29 is 38.1 Å². The molecule has 0 aliphatic carbocycles. The van der Waals surface area contributed by atoms with E-state index in [9.17, 15) is 19.5 Å². The Bertz CT molecular complexity index is 1360. The number of methoxy groups -OCH3 is 3. The highest BCUT2D eigenvalue weighted by atomic mass is 16.6. The van der Waals surface area contributed by atoms with Gasteiger partial charge in [0, 0.05) is 23.4 Å². The highest BCUT2D eigenvalue weighted by Crippen LogP contribution is 2.42. The van der Waals surface area contributed by atoms with Gasteiger partial charge in [0.15, 0.2) is 16.9 Å². The monoisotopic (exact) mass is 514 g/mol. The predicted octanol–water partition coefficient (Wildman–Crippen LogP) is 3.31. The van der Waals surface area contributed by atoms with E-state index in [0.717, 1.165) is 0 Å². The number of aliphatic hydroxyl groups is 1. The summed E-state index contributed by atoms with van der Waals surface area (Å²) < 4.78 is 27.2. The van der Waals surface area contributed by atoms with Gasteiger partial charge in [0.2, 0.25) is 11.7 Å². The molecular formula is C26H30N2O9. The molecule has 3 rings (SSSR count). The number of hydrogen-bond donors (Lipinski definition) is 3. The molecule has 0 aliphatic rings. The largest absolute Gasteiger partial charge is 0.493 e. The Morgan fingerprint density at radius 3 is 2.32 bits per heavy atom. The lowest BCUT2D eigenvalue weighted by Crippen LogP contribution is -2.47. The second-order valence-electron chi connectivity index (χ2n) is 8.94. The summed E-state index contributed by atoms with van der Waals surface area (Å²) in [4.78, 5) is 37.7. The van der Waals surface area contributed by atoms with E-state index in [2.05, 4.69) is 10.6 Å². The Kier molecular flexibility index (Phi) is 8.28. The molecule has 11 heteroatoms. The van der Waals surface area contributed by atoms with Crippen molar-refractivity contribution in [2.24, 2.45) is 0 Å². The van der Waals surface area contributed by atoms with Crippen LogP contribution in [0, 0.1) is 0 Å². The summed E-state index contributed by atoms with van der Waals surface area (Å²) in [6.07, 6.45) is -0.837. The molecule has 0 bridgehead atoms. The van der Waals surface area contributed by atoms with Crippen LogP contribution in [-0.2, 0) is 9.53 Å². The number of anilines is 1. The lowest BCUT2D eigenvalue weighted by atomic mass is 10.1. The van der Waals surface area contributed by atoms with E-state index in [-0.39, 0.29) is 33.7 Å². The topological polar surface area (TPSA) is 146 Å². The Morgan fingerprint density at radius 2 is 1.73 bits per heavy atom. The predicted molar refractivity (Wildman–Crippen MR) is 136 cm³/mol. The molecule has 0 saturated heterocycles. The van der Waals surface area contributed by atoms with Crippen LogP contribution in [0.3, 0.4) is 0 Å². The van der Waals surface area contributed by atoms with Crippen molar-refractivity contribution in [3.63, 3.8) is 0 Å². The zero-order valence-corrected chi connectivity index (χ0v) is 21.5. The molecule has 0 saturated carbocycles. The maximum atomic E-state index is 13.0. The summed E-state index contributed by atoms with van der Waals surface area (Å²) >= 11 is 0. The quantitative estimate of drug-likeness (QED) is 0.412. The van der Waals surface area contributed by atoms with Crippen molar-refractivity contribution in [2.75, 3.05) is 33.3 Å². The molecule has 1 atom stereocenters. The first-order valence-electron chi connectivity index (χ1n) is 11.3. The van der Waals surface area contributed by atoms with Crippen LogP contribution in [-0.4, -0.2) is 56.7 Å². The van der Waals surface area contributed by atoms with E-state index in [1.165, 1.54) is 33.5 Å². The summed E-state index contributed by atoms with van der Waals surface area (Å²) in [5.74, 6) is 0.340. The van der Waals surface area contributed by atoms with Gasteiger partial charge in [-0.2, -0.15) is 0 Å². The summed E-state index contributed by atoms with van der Waals surface area (Å²) in [5.41, 5.74) is -0.0813. The number of carbonyl (C=O) groups excluding carboxylic acids is 2. The molecule has 1 aromatic heterocycles. The van der Waals surface area contributed by atoms with Crippen molar-refractivity contribution in [3.8, 4) is 28.6 Å². The molecule has 2 aromatic carbocycles. The lowest BCUT2D eigenvalue weighted by molar-refractivity contribution is -0.119. The van der Waals surface area contributed by atoms with Crippen LogP contribution in [0.1, 0.15) is 20.8 Å². The fourth-order valence-corrected chi connectivity index (χ4v) is 3.55. The van der Waals surface area contributed by atoms with Gasteiger partial charge in [0.1, 0.15) is 28.4 Å². The molecule has 3 N–H and O–H groups in total. The minimum Gasteiger partial charge on any atom is -0.493 e. The van der Waals surface area contributed by atoms with Crippen LogP contribution in [0.5, 0.6) is 17.2 Å². The maximum absolute atomic E-state index is 13.0. The number of rotatable bonds is 8. The number of amides is 2. The van der Waals surface area contributed by atoms with Crippen LogP contribution in [0.2, 0.25) is 0 Å². The number of alkyl carbamates (subject to hydrolysis) is 1. The van der Waals surface area contributed by atoms with Crippen molar-refractivity contribution in [1.82, 2.24) is 5.32 Å². The summed E-state index contributed by atoms with van der Waals surface area (Å²) in [6, 6.07) is 8.13. The molecule has 0 radical (unpaired) electrons. The Morgan fingerprint density at radius 1 is 1.03 bits per heavy atom. The molecule has 0 unspecified atom stereocenters. The van der Waals surface area contributed by atoms with Crippen LogP contribution in [0.15, 0.2) is 45.6 Å². The van der Waals surface area contributed by atoms with Crippen LogP contribution >= 0.6 is 0 Å². The first kappa shape index (κ1) is 27.3. The molecule has 0 fully saturated rings. The average Bonchev–Trinajstić information content (AvgIpc) is 2.84. The van der Waals surface area contributed by atoms with Gasteiger partial charge in [0.05, 0.1) is 27.9 Å². The van der Waals surface area contributed by atoms with Crippen LogP contribution in [0.25, 0.3) is 22.3 Å². The zero-order chi connectivity index (χ0) is 27.3. The fourth-order valence-electron chi connectivity index (χ4n) is 3.55. The third-order valence-electron chi connectivity index (χ3n) is 5.13. The van der Waals surface area contributed by atoms with E-state index < -0.39 is 30.3 Å². The standard InChI is InChI=1S/C26H30N2O9/c1-26(2,3)37-25(32)28-16(13-29)24(31)27-15-9-7-8-14(10-15)18-11-17(30)21-19(36-18)12-20(33-4)22(34-5)23(21)35-6/h7-12,16,29H,13H2,1-6H3,(H,27,31)(H,28,32)/t16-/m1/s1. The third-order valence-corrected chi connectivity index (χ3v) is 5.13. The SMILES string of the molecule is COc1cc2oc(-c3cccc(NC(=O)[C@@H](CO)NC(=O)OC(C)(C)C)c3)cc(=O)c2c(OC)c1OC. The number of nitrogens with one attached hydrogen (secondary N) is 2. The van der Waals surface area contributed by atoms with Gasteiger partial charge in [-0.3, -0.25) is 9.59 Å². The number of aliphatic hydroxyl groups excluding tert-OH is 1. The summed E-state index contributed by atoms with van der Waals surface area (Å²) in [7, 11) is 4.30. The van der Waals surface area contributed by atoms with Crippen LogP contribution in [0.4, 0.5) is 10.5 Å². The molecule has 11 nitrogen and oxygen atoms in total. The first-order chi connectivity index (χ1) is 17.5. The summed E-state index contributed by atoms with van der Waals surface area (Å²) in [5, 5.41) is 14.7. The minimum atomic E-state index is -1.24. The number of hydrogen-bond acceptors (Lipinski definition) is 9. The van der Waals surface area contributed by atoms with Crippen LogP contribution < -0.4 is 30.3 Å². The molecule has 0 spiro atoms. The van der Waals surface area contributed by atoms with Gasteiger partial charge < -0.3 is 39.1 Å². The average molecular weight is 515 g/mol. The van der Waals surface area contributed by atoms with E-state index >= 15 is 0 Å². The van der Waals surface area contributed by atoms with E-state index in [0.29, 0.717) is 17.0 Å². The molecular weight excluding hydrogens is 484 g/mol. The van der Waals surface area contributed by atoms with Crippen molar-refractivity contribution >= 4 is 28.7 Å². The second kappa shape index (κ2) is 11.2. The molecule has 3 aromatic rings. The van der Waals surface area contributed by atoms with Crippen molar-refractivity contribution in [3.05, 3.63) is 46.6 Å². The van der Waals surface area contributed by atoms with Gasteiger partial charge in [-0.25, -0.2) is 4.79 Å². The van der Waals surface area contributed by atoms with Gasteiger partial charge in [0.25, 0.3) is 0 Å². The number of fused-ring (bicyclic) bond motifs is 1. The van der Waals surface area contributed by atoms with Gasteiger partial charge in [-0.1, -0.05) is 12.1 Å². The van der Waals surface area contributed by atoms with Crippen molar-refractivity contribution in [2.45, 2.75) is 32.4 Å². The second-order valence-corrected chi connectivity index (χ2v) is 8.94. The molecule has 198 valence electrons. The Balaban J connectivity index is 1.91. The van der Waals surface area contributed by atoms with E-state index in [1.54, 1.807) is 45.0 Å². The normalized spacial score (nSPS) is 12.0. The molecule has 1 heterocycles. The Hall–Kier alpha value is -4.25. The highest BCUT2D eigenvalue weighted by Gasteiger charge is 2.24. The molecule has 37 heavy (non-hydrogen) atoms.